The molecule has 0 aliphatic rings. The zero-order valence-corrected chi connectivity index (χ0v) is 19.9. The molecule has 35 heavy (non-hydrogen) atoms. The van der Waals surface area contributed by atoms with Crippen molar-refractivity contribution in [3.63, 3.8) is 0 Å². The van der Waals surface area contributed by atoms with Crippen molar-refractivity contribution in [2.45, 2.75) is 26.8 Å². The molecule has 0 saturated carbocycles. The van der Waals surface area contributed by atoms with Crippen molar-refractivity contribution in [2.24, 2.45) is 0 Å². The van der Waals surface area contributed by atoms with Gasteiger partial charge < -0.3 is 24.3 Å². The van der Waals surface area contributed by atoms with Crippen molar-refractivity contribution >= 4 is 22.5 Å². The summed E-state index contributed by atoms with van der Waals surface area (Å²) in [4.78, 5) is 25.4. The molecule has 0 radical (unpaired) electrons. The minimum atomic E-state index is -0.237. The van der Waals surface area contributed by atoms with Crippen LogP contribution in [0.25, 0.3) is 10.9 Å². The molecule has 1 amide bonds. The molecule has 1 N–H and O–H groups in total. The molecule has 0 aliphatic heterocycles. The Bertz CT molecular complexity index is 1340. The van der Waals surface area contributed by atoms with Gasteiger partial charge in [0.2, 0.25) is 11.8 Å². The van der Waals surface area contributed by atoms with E-state index < -0.39 is 0 Å². The van der Waals surface area contributed by atoms with Crippen LogP contribution in [-0.2, 0) is 17.8 Å². The molecule has 0 fully saturated rings. The summed E-state index contributed by atoms with van der Waals surface area (Å²) in [5.41, 5.74) is 1.73. The van der Waals surface area contributed by atoms with Gasteiger partial charge in [0.1, 0.15) is 12.1 Å². The number of benzene rings is 1. The Morgan fingerprint density at radius 3 is 2.54 bits per heavy atom. The molecule has 1 aromatic carbocycles. The zero-order valence-electron chi connectivity index (χ0n) is 19.9. The smallest absolute Gasteiger partial charge is 0.230 e. The van der Waals surface area contributed by atoms with Gasteiger partial charge in [-0.2, -0.15) is 5.10 Å². The van der Waals surface area contributed by atoms with E-state index in [0.717, 1.165) is 6.54 Å². The Morgan fingerprint density at radius 2 is 1.83 bits per heavy atom. The Balaban J connectivity index is 1.54. The maximum Gasteiger partial charge on any atom is 0.230 e. The second-order valence-electron chi connectivity index (χ2n) is 7.36. The predicted molar refractivity (Wildman–Crippen MR) is 128 cm³/mol. The van der Waals surface area contributed by atoms with E-state index in [-0.39, 0.29) is 12.3 Å². The Morgan fingerprint density at radius 1 is 1.00 bits per heavy atom. The van der Waals surface area contributed by atoms with Gasteiger partial charge in [0.05, 0.1) is 61.9 Å². The highest BCUT2D eigenvalue weighted by Gasteiger charge is 2.16. The Kier molecular flexibility index (Phi) is 7.24. The summed E-state index contributed by atoms with van der Waals surface area (Å²) >= 11 is 0. The standard InChI is InChI=1S/C24H26N6O5/c1-5-30-13-15(11-28-30)29-23(31)10-19-20(32-3)7-16(12-25-19)35-24-17-8-21(33-4)22(34-6-2)9-18(17)26-14-27-24/h7-9,11-14H,5-6,10H2,1-4H3,(H,29,31). The number of nitrogens with zero attached hydrogens (tertiary/aromatic N) is 5. The minimum absolute atomic E-state index is 0.0224. The number of hydrogen-bond acceptors (Lipinski definition) is 9. The molecule has 0 unspecified atom stereocenters. The number of ether oxygens (including phenoxy) is 4. The fraction of sp³-hybridized carbons (Fsp3) is 0.292. The summed E-state index contributed by atoms with van der Waals surface area (Å²) in [5, 5.41) is 7.59. The van der Waals surface area contributed by atoms with Crippen LogP contribution in [0.15, 0.2) is 43.1 Å². The molecule has 3 aromatic heterocycles. The summed E-state index contributed by atoms with van der Waals surface area (Å²) in [6.07, 6.45) is 6.30. The molecule has 3 heterocycles. The lowest BCUT2D eigenvalue weighted by Gasteiger charge is -2.13. The average Bonchev–Trinajstić information content (AvgIpc) is 3.32. The number of amides is 1. The number of anilines is 1. The maximum atomic E-state index is 12.5. The second kappa shape index (κ2) is 10.7. The third kappa shape index (κ3) is 5.40. The molecular weight excluding hydrogens is 452 g/mol. The first-order valence-electron chi connectivity index (χ1n) is 11.0. The van der Waals surface area contributed by atoms with Crippen LogP contribution in [-0.4, -0.2) is 51.5 Å². The van der Waals surface area contributed by atoms with Crippen molar-refractivity contribution in [3.05, 3.63) is 48.8 Å². The number of carbonyl (C=O) groups excluding carboxylic acids is 1. The van der Waals surface area contributed by atoms with E-state index in [1.54, 1.807) is 42.4 Å². The summed E-state index contributed by atoms with van der Waals surface area (Å²) in [7, 11) is 3.07. The normalized spacial score (nSPS) is 10.7. The fourth-order valence-corrected chi connectivity index (χ4v) is 3.44. The SMILES string of the molecule is CCOc1cc2ncnc(Oc3cnc(CC(=O)Nc4cnn(CC)c4)c(OC)c3)c2cc1OC. The van der Waals surface area contributed by atoms with Crippen LogP contribution in [0.1, 0.15) is 19.5 Å². The van der Waals surface area contributed by atoms with Crippen LogP contribution in [0.4, 0.5) is 5.69 Å². The van der Waals surface area contributed by atoms with E-state index in [2.05, 4.69) is 25.4 Å². The number of fused-ring (bicyclic) bond motifs is 1. The number of methoxy groups -OCH3 is 2. The first-order valence-corrected chi connectivity index (χ1v) is 11.0. The summed E-state index contributed by atoms with van der Waals surface area (Å²) < 4.78 is 24.2. The van der Waals surface area contributed by atoms with E-state index >= 15 is 0 Å². The summed E-state index contributed by atoms with van der Waals surface area (Å²) in [6.45, 7) is 5.07. The lowest BCUT2D eigenvalue weighted by molar-refractivity contribution is -0.115. The number of rotatable bonds is 10. The van der Waals surface area contributed by atoms with Crippen LogP contribution in [0.2, 0.25) is 0 Å². The van der Waals surface area contributed by atoms with Crippen molar-refractivity contribution in [2.75, 3.05) is 26.1 Å². The van der Waals surface area contributed by atoms with Crippen molar-refractivity contribution in [3.8, 4) is 28.9 Å². The number of aryl methyl sites for hydroxylation is 1. The molecule has 0 atom stereocenters. The third-order valence-electron chi connectivity index (χ3n) is 5.09. The molecule has 182 valence electrons. The molecule has 11 nitrogen and oxygen atoms in total. The van der Waals surface area contributed by atoms with Crippen LogP contribution >= 0.6 is 0 Å². The van der Waals surface area contributed by atoms with Gasteiger partial charge >= 0.3 is 0 Å². The highest BCUT2D eigenvalue weighted by molar-refractivity contribution is 5.92. The van der Waals surface area contributed by atoms with Crippen molar-refractivity contribution in [1.82, 2.24) is 24.7 Å². The first kappa shape index (κ1) is 23.7. The summed E-state index contributed by atoms with van der Waals surface area (Å²) in [6, 6.07) is 5.20. The van der Waals surface area contributed by atoms with Gasteiger partial charge in [0.15, 0.2) is 17.2 Å². The molecule has 4 aromatic rings. The fourth-order valence-electron chi connectivity index (χ4n) is 3.44. The number of pyridine rings is 1. The van der Waals surface area contributed by atoms with E-state index in [0.29, 0.717) is 57.8 Å². The third-order valence-corrected chi connectivity index (χ3v) is 5.09. The van der Waals surface area contributed by atoms with E-state index in [1.165, 1.54) is 19.6 Å². The lowest BCUT2D eigenvalue weighted by Crippen LogP contribution is -2.15. The van der Waals surface area contributed by atoms with Gasteiger partial charge in [0, 0.05) is 24.9 Å². The minimum Gasteiger partial charge on any atom is -0.495 e. The van der Waals surface area contributed by atoms with Crippen molar-refractivity contribution < 1.29 is 23.7 Å². The van der Waals surface area contributed by atoms with Gasteiger partial charge in [-0.15, -0.1) is 0 Å². The van der Waals surface area contributed by atoms with E-state index in [9.17, 15) is 4.79 Å². The number of carbonyl (C=O) groups is 1. The van der Waals surface area contributed by atoms with Crippen LogP contribution in [0.5, 0.6) is 28.9 Å². The van der Waals surface area contributed by atoms with E-state index in [4.69, 9.17) is 18.9 Å². The Hall–Kier alpha value is -4.41. The van der Waals surface area contributed by atoms with Crippen molar-refractivity contribution in [1.29, 1.82) is 0 Å². The van der Waals surface area contributed by atoms with Crippen LogP contribution in [0.3, 0.4) is 0 Å². The second-order valence-corrected chi connectivity index (χ2v) is 7.36. The lowest BCUT2D eigenvalue weighted by atomic mass is 10.2. The van der Waals surface area contributed by atoms with Gasteiger partial charge in [-0.05, 0) is 19.9 Å². The average molecular weight is 479 g/mol. The molecule has 4 rings (SSSR count). The molecule has 0 bridgehead atoms. The van der Waals surface area contributed by atoms with Gasteiger partial charge in [-0.25, -0.2) is 9.97 Å². The van der Waals surface area contributed by atoms with Gasteiger partial charge in [0.25, 0.3) is 0 Å². The zero-order chi connectivity index (χ0) is 24.8. The first-order chi connectivity index (χ1) is 17.0. The largest absolute Gasteiger partial charge is 0.495 e. The summed E-state index contributed by atoms with van der Waals surface area (Å²) in [5.74, 6) is 2.01. The maximum absolute atomic E-state index is 12.5. The molecule has 0 spiro atoms. The molecular formula is C24H26N6O5. The monoisotopic (exact) mass is 478 g/mol. The highest BCUT2D eigenvalue weighted by Crippen LogP contribution is 2.36. The van der Waals surface area contributed by atoms with Gasteiger partial charge in [-0.1, -0.05) is 0 Å². The molecule has 0 saturated heterocycles. The van der Waals surface area contributed by atoms with Crippen LogP contribution < -0.4 is 24.3 Å². The highest BCUT2D eigenvalue weighted by atomic mass is 16.5. The molecule has 11 heteroatoms. The Labute approximate surface area is 202 Å². The number of nitrogens with one attached hydrogen (secondary N) is 1. The topological polar surface area (TPSA) is 123 Å². The number of hydrogen-bond donors (Lipinski definition) is 1. The quantitative estimate of drug-likeness (QED) is 0.364. The molecule has 0 aliphatic carbocycles. The van der Waals surface area contributed by atoms with Gasteiger partial charge in [-0.3, -0.25) is 14.5 Å². The number of aromatic nitrogens is 5. The van der Waals surface area contributed by atoms with E-state index in [1.807, 2.05) is 13.8 Å². The van der Waals surface area contributed by atoms with Crippen LogP contribution in [0, 0.1) is 0 Å². The predicted octanol–water partition coefficient (Wildman–Crippen LogP) is 3.63.